The molecule has 2 N–H and O–H groups in total. The summed E-state index contributed by atoms with van der Waals surface area (Å²) >= 11 is 0. The summed E-state index contributed by atoms with van der Waals surface area (Å²) in [7, 11) is 1.42. The number of carbonyl (C=O) groups is 2. The Hall–Kier alpha value is -4.63. The van der Waals surface area contributed by atoms with Gasteiger partial charge < -0.3 is 19.7 Å². The normalized spacial score (nSPS) is 11.1. The van der Waals surface area contributed by atoms with Gasteiger partial charge in [0.25, 0.3) is 0 Å². The van der Waals surface area contributed by atoms with Crippen LogP contribution in [0.25, 0.3) is 0 Å². The zero-order chi connectivity index (χ0) is 24.8. The summed E-state index contributed by atoms with van der Waals surface area (Å²) in [5.41, 5.74) is -0.0652. The topological polar surface area (TPSA) is 132 Å². The van der Waals surface area contributed by atoms with Crippen molar-refractivity contribution in [1.29, 1.82) is 0 Å². The lowest BCUT2D eigenvalue weighted by molar-refractivity contribution is 0.0495. The molecule has 1 aromatic carbocycles. The number of carboxylic acids is 2. The summed E-state index contributed by atoms with van der Waals surface area (Å²) in [4.78, 5) is 36.0. The highest BCUT2D eigenvalue weighted by atomic mass is 16.5. The largest absolute Gasteiger partial charge is 0.489 e. The first-order chi connectivity index (χ1) is 16.9. The Labute approximate surface area is 200 Å². The highest BCUT2D eigenvalue weighted by molar-refractivity contribution is 5.86. The molecule has 0 fully saturated rings. The van der Waals surface area contributed by atoms with Gasteiger partial charge in [0.05, 0.1) is 11.4 Å². The fourth-order valence-corrected chi connectivity index (χ4v) is 3.71. The molecule has 4 aromatic rings. The van der Waals surface area contributed by atoms with Crippen LogP contribution in [-0.2, 0) is 16.9 Å². The third-order valence-corrected chi connectivity index (χ3v) is 5.33. The molecule has 0 aliphatic carbocycles. The van der Waals surface area contributed by atoms with Crippen LogP contribution >= 0.6 is 0 Å². The van der Waals surface area contributed by atoms with Crippen molar-refractivity contribution in [3.63, 3.8) is 0 Å². The summed E-state index contributed by atoms with van der Waals surface area (Å²) in [5.74, 6) is -1.91. The van der Waals surface area contributed by atoms with Crippen molar-refractivity contribution in [2.24, 2.45) is 0 Å². The van der Waals surface area contributed by atoms with E-state index in [9.17, 15) is 19.8 Å². The van der Waals surface area contributed by atoms with E-state index < -0.39 is 17.5 Å². The summed E-state index contributed by atoms with van der Waals surface area (Å²) in [6, 6.07) is 19.7. The smallest absolute Gasteiger partial charge is 0.354 e. The van der Waals surface area contributed by atoms with Crippen LogP contribution in [0.5, 0.6) is 5.75 Å². The van der Waals surface area contributed by atoms with Crippen molar-refractivity contribution in [2.45, 2.75) is 12.2 Å². The molecule has 35 heavy (non-hydrogen) atoms. The van der Waals surface area contributed by atoms with Gasteiger partial charge in [-0.15, -0.1) is 0 Å². The second kappa shape index (κ2) is 10.1. The van der Waals surface area contributed by atoms with Gasteiger partial charge in [-0.05, 0) is 48.0 Å². The molecule has 0 aliphatic heterocycles. The minimum Gasteiger partial charge on any atom is -0.489 e. The molecule has 0 saturated carbocycles. The van der Waals surface area contributed by atoms with Gasteiger partial charge in [-0.25, -0.2) is 19.6 Å². The van der Waals surface area contributed by atoms with E-state index in [1.807, 2.05) is 12.1 Å². The third kappa shape index (κ3) is 4.85. The molecule has 0 amide bonds. The highest BCUT2D eigenvalue weighted by Gasteiger charge is 2.40. The molecule has 176 valence electrons. The van der Waals surface area contributed by atoms with Crippen molar-refractivity contribution in [3.05, 3.63) is 119 Å². The van der Waals surface area contributed by atoms with E-state index in [1.165, 1.54) is 19.2 Å². The number of methoxy groups -OCH3 is 1. The Bertz CT molecular complexity index is 1300. The summed E-state index contributed by atoms with van der Waals surface area (Å²) in [6.45, 7) is 0.275. The first-order valence-corrected chi connectivity index (χ1v) is 10.5. The van der Waals surface area contributed by atoms with E-state index in [0.29, 0.717) is 11.3 Å². The first kappa shape index (κ1) is 23.5. The quantitative estimate of drug-likeness (QED) is 0.374. The summed E-state index contributed by atoms with van der Waals surface area (Å²) in [5, 5.41) is 19.0. The van der Waals surface area contributed by atoms with Gasteiger partial charge in [0.15, 0.2) is 5.60 Å². The molecule has 3 heterocycles. The highest BCUT2D eigenvalue weighted by Crippen LogP contribution is 2.39. The predicted molar refractivity (Wildman–Crippen MR) is 124 cm³/mol. The van der Waals surface area contributed by atoms with Crippen LogP contribution in [0.15, 0.2) is 85.2 Å². The van der Waals surface area contributed by atoms with E-state index in [4.69, 9.17) is 9.47 Å². The average Bonchev–Trinajstić information content (AvgIpc) is 2.89. The maximum absolute atomic E-state index is 11.6. The zero-order valence-corrected chi connectivity index (χ0v) is 18.7. The Morgan fingerprint density at radius 1 is 0.857 bits per heavy atom. The van der Waals surface area contributed by atoms with Gasteiger partial charge in [-0.1, -0.05) is 30.3 Å². The molecular weight excluding hydrogens is 450 g/mol. The van der Waals surface area contributed by atoms with Crippen LogP contribution in [0.4, 0.5) is 0 Å². The molecule has 0 atom stereocenters. The molecule has 3 aromatic heterocycles. The lowest BCUT2D eigenvalue weighted by atomic mass is 9.85. The molecule has 0 bridgehead atoms. The molecule has 0 spiro atoms. The Kier molecular flexibility index (Phi) is 6.79. The van der Waals surface area contributed by atoms with Crippen LogP contribution in [0.2, 0.25) is 0 Å². The number of hydrogen-bond donors (Lipinski definition) is 2. The molecule has 0 aliphatic rings. The minimum absolute atomic E-state index is 0.192. The van der Waals surface area contributed by atoms with Crippen LogP contribution in [0, 0.1) is 0 Å². The van der Waals surface area contributed by atoms with Crippen LogP contribution in [0.1, 0.15) is 43.5 Å². The van der Waals surface area contributed by atoms with Crippen LogP contribution < -0.4 is 4.74 Å². The van der Waals surface area contributed by atoms with Gasteiger partial charge in [-0.2, -0.15) is 0 Å². The number of benzene rings is 1. The van der Waals surface area contributed by atoms with E-state index in [0.717, 1.165) is 5.56 Å². The molecule has 9 heteroatoms. The maximum atomic E-state index is 11.6. The Balaban J connectivity index is 1.86. The number of carboxylic acid groups (broad SMARTS) is 2. The first-order valence-electron chi connectivity index (χ1n) is 10.5. The van der Waals surface area contributed by atoms with Gasteiger partial charge in [-0.3, -0.25) is 4.98 Å². The molecular formula is C26H21N3O6. The Morgan fingerprint density at radius 2 is 1.49 bits per heavy atom. The number of aromatic carboxylic acids is 2. The number of ether oxygens (including phenoxy) is 2. The van der Waals surface area contributed by atoms with Crippen molar-refractivity contribution in [3.8, 4) is 5.75 Å². The second-order valence-corrected chi connectivity index (χ2v) is 7.49. The van der Waals surface area contributed by atoms with Crippen molar-refractivity contribution >= 4 is 11.9 Å². The molecule has 0 saturated heterocycles. The fourth-order valence-electron chi connectivity index (χ4n) is 3.71. The van der Waals surface area contributed by atoms with Crippen LogP contribution in [-0.4, -0.2) is 44.2 Å². The van der Waals surface area contributed by atoms with E-state index in [1.54, 1.807) is 60.9 Å². The number of pyridine rings is 3. The lowest BCUT2D eigenvalue weighted by Crippen LogP contribution is -2.34. The molecule has 9 nitrogen and oxygen atoms in total. The zero-order valence-electron chi connectivity index (χ0n) is 18.7. The standard InChI is InChI=1S/C26H21N3O6/c1-34-26(22-11-3-9-20(28-22)24(30)31,23-12-4-10-21(29-23)25(32)33)18-7-2-8-19(14-18)35-16-17-6-5-13-27-15-17/h2-15H,16H2,1H3,(H,30,31)(H,32,33). The van der Waals surface area contributed by atoms with E-state index in [-0.39, 0.29) is 29.4 Å². The summed E-state index contributed by atoms with van der Waals surface area (Å²) < 4.78 is 12.0. The number of aromatic nitrogens is 3. The van der Waals surface area contributed by atoms with Gasteiger partial charge >= 0.3 is 11.9 Å². The predicted octanol–water partition coefficient (Wildman–Crippen LogP) is 3.79. The van der Waals surface area contributed by atoms with E-state index >= 15 is 0 Å². The van der Waals surface area contributed by atoms with Gasteiger partial charge in [0.2, 0.25) is 0 Å². The fraction of sp³-hybridized carbons (Fsp3) is 0.115. The van der Waals surface area contributed by atoms with Crippen LogP contribution in [0.3, 0.4) is 0 Å². The van der Waals surface area contributed by atoms with E-state index in [2.05, 4.69) is 15.0 Å². The van der Waals surface area contributed by atoms with Crippen molar-refractivity contribution in [1.82, 2.24) is 15.0 Å². The molecule has 0 radical (unpaired) electrons. The van der Waals surface area contributed by atoms with Gasteiger partial charge in [0.1, 0.15) is 23.7 Å². The van der Waals surface area contributed by atoms with Crippen molar-refractivity contribution < 1.29 is 29.3 Å². The maximum Gasteiger partial charge on any atom is 0.354 e. The minimum atomic E-state index is -1.52. The number of nitrogens with zero attached hydrogens (tertiary/aromatic N) is 3. The number of hydrogen-bond acceptors (Lipinski definition) is 7. The third-order valence-electron chi connectivity index (χ3n) is 5.33. The average molecular weight is 471 g/mol. The van der Waals surface area contributed by atoms with Gasteiger partial charge in [0, 0.05) is 25.1 Å². The van der Waals surface area contributed by atoms with Crippen molar-refractivity contribution in [2.75, 3.05) is 7.11 Å². The number of rotatable bonds is 9. The summed E-state index contributed by atoms with van der Waals surface area (Å²) in [6.07, 6.45) is 3.37. The second-order valence-electron chi connectivity index (χ2n) is 7.49. The lowest BCUT2D eigenvalue weighted by Gasteiger charge is -2.32. The molecule has 4 rings (SSSR count). The monoisotopic (exact) mass is 471 g/mol. The Morgan fingerprint density at radius 3 is 2.03 bits per heavy atom. The molecule has 0 unspecified atom stereocenters. The SMILES string of the molecule is COC(c1cccc(OCc2cccnc2)c1)(c1cccc(C(=O)O)n1)c1cccc(C(=O)O)n1.